The molecule has 2 aliphatic rings. The summed E-state index contributed by atoms with van der Waals surface area (Å²) in [4.78, 5) is 41.2. The van der Waals surface area contributed by atoms with Gasteiger partial charge in [0.1, 0.15) is 11.6 Å². The third kappa shape index (κ3) is 4.34. The van der Waals surface area contributed by atoms with E-state index in [2.05, 4.69) is 10.6 Å². The molecule has 4 atom stereocenters. The van der Waals surface area contributed by atoms with Crippen LogP contribution in [0.15, 0.2) is 41.2 Å². The van der Waals surface area contributed by atoms with Crippen molar-refractivity contribution in [2.24, 2.45) is 11.8 Å². The summed E-state index contributed by atoms with van der Waals surface area (Å²) in [5, 5.41) is 15.5. The van der Waals surface area contributed by atoms with E-state index in [4.69, 9.17) is 0 Å². The molecule has 2 aliphatic heterocycles. The number of hydrogen-bond acceptors (Lipinski definition) is 4. The van der Waals surface area contributed by atoms with Crippen LogP contribution >= 0.6 is 0 Å². The number of aliphatic hydroxyl groups excluding tert-OH is 1. The molecule has 0 spiro atoms. The topological polar surface area (TPSA) is 104 Å². The summed E-state index contributed by atoms with van der Waals surface area (Å²) in [6.45, 7) is 3.77. The van der Waals surface area contributed by atoms with E-state index in [1.807, 2.05) is 6.92 Å². The molecule has 1 aromatic carbocycles. The quantitative estimate of drug-likeness (QED) is 0.584. The Labute approximate surface area is 201 Å². The smallest absolute Gasteiger partial charge is 0.322 e. The van der Waals surface area contributed by atoms with Crippen molar-refractivity contribution < 1.29 is 23.5 Å². The molecule has 35 heavy (non-hydrogen) atoms. The second-order valence-corrected chi connectivity index (χ2v) is 8.77. The van der Waals surface area contributed by atoms with Crippen LogP contribution in [0.3, 0.4) is 0 Å². The maximum atomic E-state index is 14.2. The lowest BCUT2D eigenvalue weighted by Crippen LogP contribution is -2.50. The van der Waals surface area contributed by atoms with Gasteiger partial charge < -0.3 is 25.2 Å². The van der Waals surface area contributed by atoms with Crippen LogP contribution < -0.4 is 16.2 Å². The number of amides is 3. The summed E-state index contributed by atoms with van der Waals surface area (Å²) >= 11 is 0. The first-order valence-electron chi connectivity index (χ1n) is 11.6. The summed E-state index contributed by atoms with van der Waals surface area (Å²) in [7, 11) is 0. The van der Waals surface area contributed by atoms with Gasteiger partial charge in [0.2, 0.25) is 5.91 Å². The van der Waals surface area contributed by atoms with Gasteiger partial charge in [0, 0.05) is 42.9 Å². The van der Waals surface area contributed by atoms with Crippen molar-refractivity contribution in [1.82, 2.24) is 14.8 Å². The molecule has 0 aliphatic carbocycles. The monoisotopic (exact) mass is 486 g/mol. The molecule has 1 fully saturated rings. The number of nitrogens with one attached hydrogen (secondary N) is 2. The highest BCUT2D eigenvalue weighted by Gasteiger charge is 2.57. The minimum atomic E-state index is -0.883. The van der Waals surface area contributed by atoms with Crippen LogP contribution in [0.5, 0.6) is 0 Å². The van der Waals surface area contributed by atoms with Crippen LogP contribution in [0.25, 0.3) is 6.08 Å². The lowest BCUT2D eigenvalue weighted by Gasteiger charge is -2.38. The Balaban J connectivity index is 1.80. The van der Waals surface area contributed by atoms with E-state index in [0.29, 0.717) is 24.2 Å². The fourth-order valence-electron chi connectivity index (χ4n) is 5.15. The van der Waals surface area contributed by atoms with Crippen LogP contribution in [0.4, 0.5) is 19.3 Å². The Hall–Kier alpha value is -3.53. The number of nitrogens with zero attached hydrogens (tertiary/aromatic N) is 2. The molecule has 0 saturated carbocycles. The Bertz CT molecular complexity index is 1230. The minimum absolute atomic E-state index is 0.0535. The molecule has 3 N–H and O–H groups in total. The number of benzene rings is 1. The number of pyridine rings is 1. The zero-order valence-electron chi connectivity index (χ0n) is 19.5. The molecule has 3 heterocycles. The van der Waals surface area contributed by atoms with E-state index >= 15 is 0 Å². The number of aliphatic hydroxyl groups is 1. The molecule has 0 radical (unpaired) electrons. The second-order valence-electron chi connectivity index (χ2n) is 8.77. The van der Waals surface area contributed by atoms with E-state index in [0.717, 1.165) is 18.2 Å². The van der Waals surface area contributed by atoms with Gasteiger partial charge in [-0.25, -0.2) is 13.6 Å². The van der Waals surface area contributed by atoms with Crippen molar-refractivity contribution in [3.63, 3.8) is 0 Å². The van der Waals surface area contributed by atoms with E-state index in [-0.39, 0.29) is 23.7 Å². The molecular formula is C25H28F2N4O4. The average Bonchev–Trinajstić information content (AvgIpc) is 3.08. The molecule has 10 heteroatoms. The highest BCUT2D eigenvalue weighted by Crippen LogP contribution is 2.48. The van der Waals surface area contributed by atoms with Crippen molar-refractivity contribution in [3.8, 4) is 0 Å². The lowest BCUT2D eigenvalue weighted by atomic mass is 9.86. The first-order chi connectivity index (χ1) is 16.8. The molecule has 1 saturated heterocycles. The lowest BCUT2D eigenvalue weighted by molar-refractivity contribution is -0.127. The first kappa shape index (κ1) is 24.6. The fraction of sp³-hybridized carbons (Fsp3) is 0.400. The SMILES string of the molecule is C/C=C\c1ccc2n(c1=O)C[C@H]1[C@H](CO)[C@@H](C(=O)NCCC)[C@@H]2N1C(=O)Nc1cc(F)ccc1F. The van der Waals surface area contributed by atoms with Gasteiger partial charge in [-0.2, -0.15) is 0 Å². The minimum Gasteiger partial charge on any atom is -0.396 e. The van der Waals surface area contributed by atoms with Crippen LogP contribution in [0.2, 0.25) is 0 Å². The van der Waals surface area contributed by atoms with Crippen molar-refractivity contribution in [3.05, 3.63) is 69.7 Å². The predicted octanol–water partition coefficient (Wildman–Crippen LogP) is 2.88. The third-order valence-electron chi connectivity index (χ3n) is 6.68. The van der Waals surface area contributed by atoms with Gasteiger partial charge in [0.15, 0.2) is 0 Å². The van der Waals surface area contributed by atoms with E-state index in [9.17, 15) is 28.3 Å². The van der Waals surface area contributed by atoms with E-state index < -0.39 is 48.2 Å². The highest BCUT2D eigenvalue weighted by atomic mass is 19.1. The normalized spacial score (nSPS) is 22.8. The van der Waals surface area contributed by atoms with Crippen molar-refractivity contribution in [1.29, 1.82) is 0 Å². The van der Waals surface area contributed by atoms with Crippen LogP contribution in [0.1, 0.15) is 37.6 Å². The molecule has 8 nitrogen and oxygen atoms in total. The third-order valence-corrected chi connectivity index (χ3v) is 6.68. The molecule has 3 amide bonds. The maximum Gasteiger partial charge on any atom is 0.322 e. The molecule has 0 unspecified atom stereocenters. The van der Waals surface area contributed by atoms with Gasteiger partial charge in [0.05, 0.1) is 23.7 Å². The number of allylic oxidation sites excluding steroid dienone is 1. The average molecular weight is 487 g/mol. The number of aromatic nitrogens is 1. The van der Waals surface area contributed by atoms with E-state index in [1.165, 1.54) is 9.47 Å². The molecule has 186 valence electrons. The summed E-state index contributed by atoms with van der Waals surface area (Å²) < 4.78 is 29.5. The number of carbonyl (C=O) groups is 2. The maximum absolute atomic E-state index is 14.2. The Morgan fingerprint density at radius 3 is 2.69 bits per heavy atom. The number of carbonyl (C=O) groups excluding carboxylic acids is 2. The number of urea groups is 1. The molecule has 4 rings (SSSR count). The number of rotatable bonds is 6. The van der Waals surface area contributed by atoms with Crippen LogP contribution in [-0.2, 0) is 11.3 Å². The van der Waals surface area contributed by atoms with Crippen molar-refractivity contribution in [2.45, 2.75) is 38.9 Å². The fourth-order valence-corrected chi connectivity index (χ4v) is 5.15. The number of anilines is 1. The van der Waals surface area contributed by atoms with E-state index in [1.54, 1.807) is 31.2 Å². The zero-order chi connectivity index (χ0) is 25.3. The van der Waals surface area contributed by atoms with Gasteiger partial charge in [-0.15, -0.1) is 0 Å². The summed E-state index contributed by atoms with van der Waals surface area (Å²) in [5.74, 6) is -3.37. The number of hydrogen-bond donors (Lipinski definition) is 3. The van der Waals surface area contributed by atoms with Gasteiger partial charge in [0.25, 0.3) is 5.56 Å². The van der Waals surface area contributed by atoms with Crippen LogP contribution in [0, 0.1) is 23.5 Å². The van der Waals surface area contributed by atoms with Crippen LogP contribution in [-0.4, -0.2) is 45.7 Å². The van der Waals surface area contributed by atoms with Gasteiger partial charge >= 0.3 is 6.03 Å². The van der Waals surface area contributed by atoms with Crippen molar-refractivity contribution in [2.75, 3.05) is 18.5 Å². The molecular weight excluding hydrogens is 458 g/mol. The number of halogens is 2. The predicted molar refractivity (Wildman–Crippen MR) is 127 cm³/mol. The summed E-state index contributed by atoms with van der Waals surface area (Å²) in [6, 6.07) is 3.70. The second kappa shape index (κ2) is 9.99. The standard InChI is InChI=1S/C25H28F2N4O4/c1-3-5-14-6-9-19-22-21(23(33)28-10-4-2)16(13-32)20(12-30(19)24(14)34)31(22)25(35)29-18-11-15(26)7-8-17(18)27/h3,5-9,11,16,20-22,32H,4,10,12-13H2,1-2H3,(H,28,33)(H,29,35)/b5-3-/t16-,20-,21+,22+/m0/s1. The highest BCUT2D eigenvalue weighted by molar-refractivity contribution is 5.92. The van der Waals surface area contributed by atoms with Gasteiger partial charge in [-0.05, 0) is 37.6 Å². The Morgan fingerprint density at radius 2 is 2.00 bits per heavy atom. The Kier molecular flexibility index (Phi) is 7.02. The molecule has 1 aromatic heterocycles. The van der Waals surface area contributed by atoms with Gasteiger partial charge in [-0.3, -0.25) is 9.59 Å². The molecule has 2 aromatic rings. The Morgan fingerprint density at radius 1 is 1.23 bits per heavy atom. The van der Waals surface area contributed by atoms with Gasteiger partial charge in [-0.1, -0.05) is 19.1 Å². The zero-order valence-corrected chi connectivity index (χ0v) is 19.5. The number of fused-ring (bicyclic) bond motifs is 4. The largest absolute Gasteiger partial charge is 0.396 e. The molecule has 2 bridgehead atoms. The van der Waals surface area contributed by atoms with Crippen molar-refractivity contribution >= 4 is 23.7 Å². The summed E-state index contributed by atoms with van der Waals surface area (Å²) in [6.07, 6.45) is 4.12. The summed E-state index contributed by atoms with van der Waals surface area (Å²) in [5.41, 5.74) is 0.302. The first-order valence-corrected chi connectivity index (χ1v) is 11.6.